The zero-order valence-electron chi connectivity index (χ0n) is 19.0. The highest BCUT2D eigenvalue weighted by Gasteiger charge is 2.43. The lowest BCUT2D eigenvalue weighted by atomic mass is 9.96. The molecular weight excluding hydrogens is 404 g/mol. The number of methoxy groups -OCH3 is 1. The van der Waals surface area contributed by atoms with E-state index >= 15 is 0 Å². The van der Waals surface area contributed by atoms with E-state index in [1.807, 2.05) is 6.92 Å². The topological polar surface area (TPSA) is 59.1 Å². The van der Waals surface area contributed by atoms with Gasteiger partial charge < -0.3 is 14.4 Å². The Morgan fingerprint density at radius 2 is 1.94 bits per heavy atom. The Labute approximate surface area is 189 Å². The molecule has 4 rings (SSSR count). The Morgan fingerprint density at radius 1 is 1.19 bits per heavy atom. The molecule has 6 nitrogen and oxygen atoms in total. The molecule has 2 aromatic carbocycles. The molecule has 3 amide bonds. The van der Waals surface area contributed by atoms with Crippen molar-refractivity contribution in [3.05, 3.63) is 71.5 Å². The van der Waals surface area contributed by atoms with Gasteiger partial charge >= 0.3 is 6.03 Å². The van der Waals surface area contributed by atoms with Crippen LogP contribution < -0.4 is 9.64 Å². The maximum atomic E-state index is 13.2. The fourth-order valence-electron chi connectivity index (χ4n) is 4.64. The van der Waals surface area contributed by atoms with Crippen molar-refractivity contribution >= 4 is 17.6 Å². The molecule has 1 heterocycles. The van der Waals surface area contributed by atoms with E-state index < -0.39 is 0 Å². The number of ether oxygens (including phenoxy) is 2. The van der Waals surface area contributed by atoms with Gasteiger partial charge in [0, 0.05) is 5.92 Å². The highest BCUT2D eigenvalue weighted by Crippen LogP contribution is 2.39. The predicted molar refractivity (Wildman–Crippen MR) is 124 cm³/mol. The zero-order chi connectivity index (χ0) is 22.8. The fraction of sp³-hybridized carbons (Fsp3) is 0.385. The smallest absolute Gasteiger partial charge is 0.332 e. The molecule has 2 unspecified atom stereocenters. The molecule has 1 aliphatic carbocycles. The van der Waals surface area contributed by atoms with Gasteiger partial charge in [0.1, 0.15) is 12.3 Å². The molecule has 0 N–H and O–H groups in total. The van der Waals surface area contributed by atoms with Gasteiger partial charge in [-0.3, -0.25) is 4.79 Å². The quantitative estimate of drug-likeness (QED) is 0.439. The van der Waals surface area contributed by atoms with Gasteiger partial charge in [0.15, 0.2) is 0 Å². The molecule has 2 aliphatic rings. The minimum atomic E-state index is -0.260. The molecule has 32 heavy (non-hydrogen) atoms. The number of anilines is 1. The SMILES string of the molecule is C=C(OCC)C(C)Cc1ccc2c(c1)CCC2N1CC(=O)N(c2ccc(OC)cc2)C1=O. The number of carbonyl (C=O) groups is 2. The Kier molecular flexibility index (Phi) is 6.21. The standard InChI is InChI=1S/C26H30N2O4/c1-5-32-18(3)17(2)14-19-6-12-23-20(15-19)7-13-24(23)27-16-25(29)28(26(27)30)21-8-10-22(31-4)11-9-21/h6,8-12,15,17,24H,3,5,7,13-14,16H2,1-2,4H3. The highest BCUT2D eigenvalue weighted by molar-refractivity contribution is 6.19. The minimum absolute atomic E-state index is 0.0745. The normalized spacial score (nSPS) is 18.7. The van der Waals surface area contributed by atoms with Gasteiger partial charge in [0.2, 0.25) is 0 Å². The maximum absolute atomic E-state index is 13.2. The largest absolute Gasteiger partial charge is 0.499 e. The average Bonchev–Trinajstić information content (AvgIpc) is 3.33. The third-order valence-electron chi connectivity index (χ3n) is 6.37. The number of carbonyl (C=O) groups excluding carboxylic acids is 2. The first-order valence-electron chi connectivity index (χ1n) is 11.1. The number of allylic oxidation sites excluding steroid dienone is 1. The highest BCUT2D eigenvalue weighted by atomic mass is 16.5. The minimum Gasteiger partial charge on any atom is -0.499 e. The van der Waals surface area contributed by atoms with Gasteiger partial charge in [0.05, 0.1) is 31.2 Å². The number of benzene rings is 2. The molecule has 1 saturated heterocycles. The van der Waals surface area contributed by atoms with Crippen LogP contribution in [0.1, 0.15) is 43.0 Å². The zero-order valence-corrected chi connectivity index (χ0v) is 19.0. The van der Waals surface area contributed by atoms with Crippen molar-refractivity contribution in [2.24, 2.45) is 5.92 Å². The number of fused-ring (bicyclic) bond motifs is 1. The van der Waals surface area contributed by atoms with Crippen LogP contribution >= 0.6 is 0 Å². The number of urea groups is 1. The monoisotopic (exact) mass is 434 g/mol. The van der Waals surface area contributed by atoms with Crippen LogP contribution in [0.25, 0.3) is 0 Å². The molecule has 0 aromatic heterocycles. The molecule has 0 bridgehead atoms. The summed E-state index contributed by atoms with van der Waals surface area (Å²) in [6.07, 6.45) is 2.59. The van der Waals surface area contributed by atoms with Crippen molar-refractivity contribution < 1.29 is 19.1 Å². The van der Waals surface area contributed by atoms with Gasteiger partial charge in [0.25, 0.3) is 5.91 Å². The summed E-state index contributed by atoms with van der Waals surface area (Å²) < 4.78 is 10.7. The van der Waals surface area contributed by atoms with Crippen LogP contribution in [0.2, 0.25) is 0 Å². The lowest BCUT2D eigenvalue weighted by molar-refractivity contribution is -0.116. The second-order valence-electron chi connectivity index (χ2n) is 8.43. The van der Waals surface area contributed by atoms with E-state index in [0.29, 0.717) is 18.0 Å². The van der Waals surface area contributed by atoms with Crippen LogP contribution in [-0.4, -0.2) is 37.1 Å². The molecule has 1 fully saturated rings. The van der Waals surface area contributed by atoms with E-state index in [1.54, 1.807) is 36.3 Å². The van der Waals surface area contributed by atoms with Gasteiger partial charge in [-0.15, -0.1) is 0 Å². The van der Waals surface area contributed by atoms with Crippen LogP contribution in [0.3, 0.4) is 0 Å². The lowest BCUT2D eigenvalue weighted by Gasteiger charge is -2.24. The summed E-state index contributed by atoms with van der Waals surface area (Å²) in [7, 11) is 1.59. The van der Waals surface area contributed by atoms with E-state index in [0.717, 1.165) is 30.6 Å². The summed E-state index contributed by atoms with van der Waals surface area (Å²) in [5.74, 6) is 1.53. The summed E-state index contributed by atoms with van der Waals surface area (Å²) in [6.45, 7) is 8.84. The first-order valence-corrected chi connectivity index (χ1v) is 11.1. The fourth-order valence-corrected chi connectivity index (χ4v) is 4.64. The summed E-state index contributed by atoms with van der Waals surface area (Å²) in [5.41, 5.74) is 4.20. The maximum Gasteiger partial charge on any atom is 0.332 e. The van der Waals surface area contributed by atoms with Crippen molar-refractivity contribution in [1.29, 1.82) is 0 Å². The molecule has 168 valence electrons. The Hall–Kier alpha value is -3.28. The Morgan fingerprint density at radius 3 is 2.62 bits per heavy atom. The summed E-state index contributed by atoms with van der Waals surface area (Å²) in [5, 5.41) is 0. The molecule has 2 atom stereocenters. The van der Waals surface area contributed by atoms with Crippen molar-refractivity contribution in [2.45, 2.75) is 39.2 Å². The molecule has 0 saturated carbocycles. The Bertz CT molecular complexity index is 1030. The predicted octanol–water partition coefficient (Wildman–Crippen LogP) is 4.88. The number of imide groups is 1. The van der Waals surface area contributed by atoms with Crippen LogP contribution in [0.15, 0.2) is 54.8 Å². The first-order chi connectivity index (χ1) is 15.4. The van der Waals surface area contributed by atoms with E-state index in [9.17, 15) is 9.59 Å². The van der Waals surface area contributed by atoms with E-state index in [1.165, 1.54) is 16.0 Å². The van der Waals surface area contributed by atoms with E-state index in [-0.39, 0.29) is 30.4 Å². The van der Waals surface area contributed by atoms with Crippen LogP contribution in [-0.2, 0) is 22.4 Å². The van der Waals surface area contributed by atoms with E-state index in [4.69, 9.17) is 9.47 Å². The Balaban J connectivity index is 1.50. The number of aryl methyl sites for hydroxylation is 1. The second kappa shape index (κ2) is 9.07. The van der Waals surface area contributed by atoms with Crippen molar-refractivity contribution in [3.63, 3.8) is 0 Å². The second-order valence-corrected chi connectivity index (χ2v) is 8.43. The summed E-state index contributed by atoms with van der Waals surface area (Å²) >= 11 is 0. The number of rotatable bonds is 8. The summed E-state index contributed by atoms with van der Waals surface area (Å²) in [4.78, 5) is 28.9. The van der Waals surface area contributed by atoms with Crippen molar-refractivity contribution in [1.82, 2.24) is 4.90 Å². The number of hydrogen-bond acceptors (Lipinski definition) is 4. The van der Waals surface area contributed by atoms with Crippen LogP contribution in [0.5, 0.6) is 5.75 Å². The van der Waals surface area contributed by atoms with Crippen molar-refractivity contribution in [3.8, 4) is 5.75 Å². The molecule has 1 aliphatic heterocycles. The average molecular weight is 435 g/mol. The third-order valence-corrected chi connectivity index (χ3v) is 6.37. The van der Waals surface area contributed by atoms with Crippen LogP contribution in [0.4, 0.5) is 10.5 Å². The van der Waals surface area contributed by atoms with Gasteiger partial charge in [-0.2, -0.15) is 0 Å². The van der Waals surface area contributed by atoms with Gasteiger partial charge in [-0.25, -0.2) is 9.69 Å². The molecule has 2 aromatic rings. The molecule has 6 heteroatoms. The number of hydrogen-bond donors (Lipinski definition) is 0. The lowest BCUT2D eigenvalue weighted by Crippen LogP contribution is -2.34. The number of nitrogens with zero attached hydrogens (tertiary/aromatic N) is 2. The van der Waals surface area contributed by atoms with E-state index in [2.05, 4.69) is 31.7 Å². The van der Waals surface area contributed by atoms with Crippen molar-refractivity contribution in [2.75, 3.05) is 25.2 Å². The molecular formula is C26H30N2O4. The molecule has 0 radical (unpaired) electrons. The van der Waals surface area contributed by atoms with Gasteiger partial charge in [-0.05, 0) is 67.1 Å². The first kappa shape index (κ1) is 21.9. The number of amides is 3. The van der Waals surface area contributed by atoms with Crippen LogP contribution in [0, 0.1) is 5.92 Å². The van der Waals surface area contributed by atoms with Gasteiger partial charge in [-0.1, -0.05) is 31.7 Å². The summed E-state index contributed by atoms with van der Waals surface area (Å²) in [6, 6.07) is 13.1. The molecule has 0 spiro atoms. The third kappa shape index (κ3) is 4.09.